The van der Waals surface area contributed by atoms with Gasteiger partial charge in [0.25, 0.3) is 5.91 Å². The minimum Gasteiger partial charge on any atom is -0.379 e. The van der Waals surface area contributed by atoms with E-state index in [0.29, 0.717) is 18.8 Å². The van der Waals surface area contributed by atoms with Gasteiger partial charge in [-0.15, -0.1) is 0 Å². The van der Waals surface area contributed by atoms with Crippen LogP contribution in [0.4, 0.5) is 0 Å². The van der Waals surface area contributed by atoms with E-state index in [1.807, 2.05) is 32.9 Å². The fourth-order valence-corrected chi connectivity index (χ4v) is 2.35. The zero-order chi connectivity index (χ0) is 15.4. The van der Waals surface area contributed by atoms with Gasteiger partial charge in [-0.3, -0.25) is 4.79 Å². The van der Waals surface area contributed by atoms with Gasteiger partial charge in [0.1, 0.15) is 5.69 Å². The number of carbonyl (C=O) groups excluding carboxylic acids is 1. The number of benzene rings is 1. The third kappa shape index (κ3) is 3.85. The lowest BCUT2D eigenvalue weighted by molar-refractivity contribution is 0.0756. The van der Waals surface area contributed by atoms with Gasteiger partial charge in [-0.25, -0.2) is 0 Å². The second kappa shape index (κ2) is 6.76. The van der Waals surface area contributed by atoms with Crippen LogP contribution in [0.25, 0.3) is 10.9 Å². The summed E-state index contributed by atoms with van der Waals surface area (Å²) >= 11 is 0. The summed E-state index contributed by atoms with van der Waals surface area (Å²) < 4.78 is 5.46. The summed E-state index contributed by atoms with van der Waals surface area (Å²) in [4.78, 5) is 15.4. The third-order valence-electron chi connectivity index (χ3n) is 3.50. The van der Waals surface area contributed by atoms with Crippen LogP contribution in [0.2, 0.25) is 0 Å². The van der Waals surface area contributed by atoms with Gasteiger partial charge >= 0.3 is 0 Å². The highest BCUT2D eigenvalue weighted by atomic mass is 16.5. The molecule has 2 rings (SSSR count). The van der Waals surface area contributed by atoms with Crippen LogP contribution in [0, 0.1) is 13.8 Å². The Bertz CT molecular complexity index is 629. The maximum absolute atomic E-state index is 12.2. The molecule has 0 saturated heterocycles. The zero-order valence-electron chi connectivity index (χ0n) is 13.2. The summed E-state index contributed by atoms with van der Waals surface area (Å²) in [5, 5.41) is 4.05. The van der Waals surface area contributed by atoms with E-state index in [4.69, 9.17) is 4.74 Å². The molecule has 1 heterocycles. The van der Waals surface area contributed by atoms with Crippen LogP contribution < -0.4 is 5.32 Å². The smallest absolute Gasteiger partial charge is 0.268 e. The molecule has 114 valence electrons. The number of rotatable bonds is 6. The van der Waals surface area contributed by atoms with Crippen LogP contribution in [0.3, 0.4) is 0 Å². The van der Waals surface area contributed by atoms with Gasteiger partial charge in [-0.1, -0.05) is 11.6 Å². The van der Waals surface area contributed by atoms with Crippen molar-refractivity contribution in [2.75, 3.05) is 13.2 Å². The molecule has 0 aliphatic heterocycles. The molecule has 0 radical (unpaired) electrons. The topological polar surface area (TPSA) is 54.1 Å². The van der Waals surface area contributed by atoms with Gasteiger partial charge in [-0.05, 0) is 51.8 Å². The summed E-state index contributed by atoms with van der Waals surface area (Å²) in [6, 6.07) is 6.17. The van der Waals surface area contributed by atoms with Gasteiger partial charge in [0.05, 0.1) is 6.10 Å². The molecule has 21 heavy (non-hydrogen) atoms. The first-order chi connectivity index (χ1) is 9.99. The minimum atomic E-state index is -0.0501. The molecule has 4 heteroatoms. The predicted molar refractivity (Wildman–Crippen MR) is 85.8 cm³/mol. The first-order valence-corrected chi connectivity index (χ1v) is 7.47. The molecule has 1 amide bonds. The molecule has 2 aromatic rings. The lowest BCUT2D eigenvalue weighted by atomic mass is 10.1. The molecule has 4 nitrogen and oxygen atoms in total. The summed E-state index contributed by atoms with van der Waals surface area (Å²) in [6.45, 7) is 9.35. The number of aromatic amines is 1. The van der Waals surface area contributed by atoms with Gasteiger partial charge in [-0.2, -0.15) is 0 Å². The SMILES string of the molecule is Cc1ccc2[nH]c(C(=O)NCCCOC(C)C)c(C)c2c1. The number of fused-ring (bicyclic) bond motifs is 1. The fourth-order valence-electron chi connectivity index (χ4n) is 2.35. The molecule has 1 aromatic heterocycles. The number of H-pyrrole nitrogens is 1. The molecular formula is C17H24N2O2. The molecular weight excluding hydrogens is 264 g/mol. The van der Waals surface area contributed by atoms with Crippen molar-refractivity contribution in [2.24, 2.45) is 0 Å². The Kier molecular flexibility index (Phi) is 5.02. The number of carbonyl (C=O) groups is 1. The summed E-state index contributed by atoms with van der Waals surface area (Å²) in [5.41, 5.74) is 3.86. The maximum Gasteiger partial charge on any atom is 0.268 e. The van der Waals surface area contributed by atoms with E-state index in [9.17, 15) is 4.79 Å². The molecule has 0 aliphatic rings. The highest BCUT2D eigenvalue weighted by Gasteiger charge is 2.14. The van der Waals surface area contributed by atoms with Crippen molar-refractivity contribution in [1.82, 2.24) is 10.3 Å². The second-order valence-corrected chi connectivity index (χ2v) is 5.70. The van der Waals surface area contributed by atoms with E-state index in [1.165, 1.54) is 5.56 Å². The van der Waals surface area contributed by atoms with Crippen LogP contribution in [0.5, 0.6) is 0 Å². The van der Waals surface area contributed by atoms with Crippen molar-refractivity contribution in [2.45, 2.75) is 40.2 Å². The molecule has 0 spiro atoms. The largest absolute Gasteiger partial charge is 0.379 e. The van der Waals surface area contributed by atoms with Crippen LogP contribution in [0.15, 0.2) is 18.2 Å². The average Bonchev–Trinajstić information content (AvgIpc) is 2.75. The Morgan fingerprint density at radius 1 is 1.33 bits per heavy atom. The predicted octanol–water partition coefficient (Wildman–Crippen LogP) is 3.33. The molecule has 1 aromatic carbocycles. The molecule has 0 bridgehead atoms. The van der Waals surface area contributed by atoms with Crippen LogP contribution in [-0.2, 0) is 4.74 Å². The summed E-state index contributed by atoms with van der Waals surface area (Å²) in [7, 11) is 0. The highest BCUT2D eigenvalue weighted by Crippen LogP contribution is 2.22. The fraction of sp³-hybridized carbons (Fsp3) is 0.471. The normalized spacial score (nSPS) is 11.3. The lowest BCUT2D eigenvalue weighted by Crippen LogP contribution is -2.26. The molecule has 2 N–H and O–H groups in total. The minimum absolute atomic E-state index is 0.0501. The second-order valence-electron chi connectivity index (χ2n) is 5.70. The van der Waals surface area contributed by atoms with Crippen molar-refractivity contribution < 1.29 is 9.53 Å². The number of ether oxygens (including phenoxy) is 1. The first-order valence-electron chi connectivity index (χ1n) is 7.47. The van der Waals surface area contributed by atoms with Gasteiger partial charge in [0, 0.05) is 24.1 Å². The highest BCUT2D eigenvalue weighted by molar-refractivity contribution is 6.00. The summed E-state index contributed by atoms with van der Waals surface area (Å²) in [5.74, 6) is -0.0501. The number of hydrogen-bond donors (Lipinski definition) is 2. The molecule has 0 saturated carbocycles. The van der Waals surface area contributed by atoms with Gasteiger partial charge in [0.2, 0.25) is 0 Å². The van der Waals surface area contributed by atoms with Crippen LogP contribution in [-0.4, -0.2) is 30.1 Å². The van der Waals surface area contributed by atoms with E-state index in [-0.39, 0.29) is 12.0 Å². The van der Waals surface area contributed by atoms with E-state index >= 15 is 0 Å². The number of aromatic nitrogens is 1. The average molecular weight is 288 g/mol. The Morgan fingerprint density at radius 3 is 2.81 bits per heavy atom. The zero-order valence-corrected chi connectivity index (χ0v) is 13.2. The van der Waals surface area contributed by atoms with Crippen molar-refractivity contribution in [3.63, 3.8) is 0 Å². The van der Waals surface area contributed by atoms with E-state index in [0.717, 1.165) is 22.9 Å². The number of aryl methyl sites for hydroxylation is 2. The van der Waals surface area contributed by atoms with Crippen molar-refractivity contribution in [3.8, 4) is 0 Å². The molecule has 0 unspecified atom stereocenters. The van der Waals surface area contributed by atoms with E-state index < -0.39 is 0 Å². The Balaban J connectivity index is 1.98. The monoisotopic (exact) mass is 288 g/mol. The van der Waals surface area contributed by atoms with Gasteiger partial charge in [0.15, 0.2) is 0 Å². The summed E-state index contributed by atoms with van der Waals surface area (Å²) in [6.07, 6.45) is 1.06. The van der Waals surface area contributed by atoms with E-state index in [1.54, 1.807) is 0 Å². The van der Waals surface area contributed by atoms with Crippen molar-refractivity contribution >= 4 is 16.8 Å². The van der Waals surface area contributed by atoms with Crippen molar-refractivity contribution in [1.29, 1.82) is 0 Å². The number of hydrogen-bond acceptors (Lipinski definition) is 2. The number of nitrogens with one attached hydrogen (secondary N) is 2. The maximum atomic E-state index is 12.2. The lowest BCUT2D eigenvalue weighted by Gasteiger charge is -2.08. The first kappa shape index (κ1) is 15.6. The van der Waals surface area contributed by atoms with Crippen LogP contribution in [0.1, 0.15) is 41.9 Å². The van der Waals surface area contributed by atoms with Crippen LogP contribution >= 0.6 is 0 Å². The van der Waals surface area contributed by atoms with Gasteiger partial charge < -0.3 is 15.0 Å². The Hall–Kier alpha value is -1.81. The number of amides is 1. The molecule has 0 atom stereocenters. The molecule has 0 aliphatic carbocycles. The Morgan fingerprint density at radius 2 is 2.10 bits per heavy atom. The standard InChI is InChI=1S/C17H24N2O2/c1-11(2)21-9-5-8-18-17(20)16-13(4)14-10-12(3)6-7-15(14)19-16/h6-7,10-11,19H,5,8-9H2,1-4H3,(H,18,20). The molecule has 0 fully saturated rings. The quantitative estimate of drug-likeness (QED) is 0.801. The Labute approximate surface area is 125 Å². The van der Waals surface area contributed by atoms with Crippen molar-refractivity contribution in [3.05, 3.63) is 35.0 Å². The third-order valence-corrected chi connectivity index (χ3v) is 3.50. The van der Waals surface area contributed by atoms with E-state index in [2.05, 4.69) is 23.3 Å².